The third-order valence-electron chi connectivity index (χ3n) is 2.78. The first kappa shape index (κ1) is 15.9. The highest BCUT2D eigenvalue weighted by atomic mass is 79.9. The van der Waals surface area contributed by atoms with Gasteiger partial charge in [0.05, 0.1) is 10.6 Å². The zero-order chi connectivity index (χ0) is 14.7. The molecule has 0 saturated heterocycles. The van der Waals surface area contributed by atoms with Crippen LogP contribution in [0, 0.1) is 6.92 Å². The van der Waals surface area contributed by atoms with E-state index in [-0.39, 0.29) is 29.5 Å². The van der Waals surface area contributed by atoms with Crippen LogP contribution in [-0.2, 0) is 0 Å². The van der Waals surface area contributed by atoms with Crippen LogP contribution in [0.5, 0.6) is 0 Å². The molecule has 1 rings (SSSR count). The van der Waals surface area contributed by atoms with Gasteiger partial charge in [-0.05, 0) is 43.6 Å². The monoisotopic (exact) mass is 330 g/mol. The molecule has 6 heteroatoms. The van der Waals surface area contributed by atoms with Crippen LogP contribution in [0.25, 0.3) is 0 Å². The van der Waals surface area contributed by atoms with Gasteiger partial charge in [-0.2, -0.15) is 0 Å². The van der Waals surface area contributed by atoms with Crippen molar-refractivity contribution in [2.75, 3.05) is 6.54 Å². The number of rotatable bonds is 4. The minimum absolute atomic E-state index is 0.0758. The summed E-state index contributed by atoms with van der Waals surface area (Å²) in [6.07, 6.45) is 0.779. The number of pyridine rings is 1. The zero-order valence-corrected chi connectivity index (χ0v) is 13.1. The molecule has 0 aromatic carbocycles. The van der Waals surface area contributed by atoms with Crippen molar-refractivity contribution < 1.29 is 9.90 Å². The third kappa shape index (κ3) is 3.67. The molecule has 5 nitrogen and oxygen atoms in total. The standard InChI is InChI=1S/C13H19BrN2O3/c1-7(2)16(6-8(3)17)13(19)10-5-15-9(4)11(14)12(10)18/h5,7-8,17H,6H2,1-4H3,(H,15,18). The zero-order valence-electron chi connectivity index (χ0n) is 11.5. The maximum Gasteiger partial charge on any atom is 0.259 e. The molecule has 2 N–H and O–H groups in total. The summed E-state index contributed by atoms with van der Waals surface area (Å²) in [5.41, 5.74) is 0.414. The predicted octanol–water partition coefficient (Wildman–Crippen LogP) is 1.68. The predicted molar refractivity (Wildman–Crippen MR) is 77.4 cm³/mol. The molecule has 0 aliphatic carbocycles. The van der Waals surface area contributed by atoms with E-state index in [4.69, 9.17) is 0 Å². The molecule has 0 radical (unpaired) electrons. The van der Waals surface area contributed by atoms with Crippen molar-refractivity contribution in [3.63, 3.8) is 0 Å². The molecule has 0 saturated carbocycles. The van der Waals surface area contributed by atoms with E-state index in [1.165, 1.54) is 11.1 Å². The van der Waals surface area contributed by atoms with Crippen LogP contribution in [0.2, 0.25) is 0 Å². The second kappa shape index (κ2) is 6.34. The number of aromatic amines is 1. The summed E-state index contributed by atoms with van der Waals surface area (Å²) >= 11 is 3.17. The van der Waals surface area contributed by atoms with Gasteiger partial charge in [0.15, 0.2) is 0 Å². The van der Waals surface area contributed by atoms with Gasteiger partial charge in [0.2, 0.25) is 5.43 Å². The number of nitrogens with one attached hydrogen (secondary N) is 1. The summed E-state index contributed by atoms with van der Waals surface area (Å²) in [6.45, 7) is 7.24. The van der Waals surface area contributed by atoms with Crippen LogP contribution in [0.4, 0.5) is 0 Å². The Bertz CT molecular complexity index is 523. The molecule has 1 heterocycles. The molecular weight excluding hydrogens is 312 g/mol. The third-order valence-corrected chi connectivity index (χ3v) is 3.74. The van der Waals surface area contributed by atoms with Crippen molar-refractivity contribution in [1.82, 2.24) is 9.88 Å². The largest absolute Gasteiger partial charge is 0.392 e. The van der Waals surface area contributed by atoms with E-state index in [2.05, 4.69) is 20.9 Å². The molecular formula is C13H19BrN2O3. The average Bonchev–Trinajstić information content (AvgIpc) is 2.32. The molecule has 106 valence electrons. The fourth-order valence-electron chi connectivity index (χ4n) is 1.72. The summed E-state index contributed by atoms with van der Waals surface area (Å²) < 4.78 is 0.360. The Kier molecular flexibility index (Phi) is 5.31. The van der Waals surface area contributed by atoms with Crippen LogP contribution >= 0.6 is 15.9 Å². The van der Waals surface area contributed by atoms with E-state index in [0.717, 1.165) is 0 Å². The van der Waals surface area contributed by atoms with Crippen LogP contribution in [0.3, 0.4) is 0 Å². The topological polar surface area (TPSA) is 73.4 Å². The Morgan fingerprint density at radius 3 is 2.53 bits per heavy atom. The molecule has 1 unspecified atom stereocenters. The van der Waals surface area contributed by atoms with Crippen molar-refractivity contribution in [1.29, 1.82) is 0 Å². The van der Waals surface area contributed by atoms with Crippen LogP contribution in [0.15, 0.2) is 15.5 Å². The van der Waals surface area contributed by atoms with Crippen molar-refractivity contribution in [2.45, 2.75) is 39.8 Å². The molecule has 1 amide bonds. The second-order valence-corrected chi connectivity index (χ2v) is 5.66. The maximum atomic E-state index is 12.4. The average molecular weight is 331 g/mol. The Morgan fingerprint density at radius 1 is 1.47 bits per heavy atom. The molecule has 0 bridgehead atoms. The van der Waals surface area contributed by atoms with E-state index in [1.807, 2.05) is 13.8 Å². The van der Waals surface area contributed by atoms with Crippen molar-refractivity contribution >= 4 is 21.8 Å². The molecule has 0 spiro atoms. The van der Waals surface area contributed by atoms with Gasteiger partial charge >= 0.3 is 0 Å². The van der Waals surface area contributed by atoms with Gasteiger partial charge in [-0.15, -0.1) is 0 Å². The molecule has 1 aromatic rings. The van der Waals surface area contributed by atoms with Crippen LogP contribution in [0.1, 0.15) is 36.8 Å². The Labute approximate surface area is 120 Å². The summed E-state index contributed by atoms with van der Waals surface area (Å²) in [7, 11) is 0. The van der Waals surface area contributed by atoms with E-state index >= 15 is 0 Å². The van der Waals surface area contributed by atoms with E-state index in [1.54, 1.807) is 13.8 Å². The normalized spacial score (nSPS) is 12.6. The highest BCUT2D eigenvalue weighted by Gasteiger charge is 2.23. The summed E-state index contributed by atoms with van der Waals surface area (Å²) in [4.78, 5) is 28.8. The Hall–Kier alpha value is -1.14. The minimum Gasteiger partial charge on any atom is -0.392 e. The number of hydrogen-bond acceptors (Lipinski definition) is 3. The number of aliphatic hydroxyl groups excluding tert-OH is 1. The number of halogens is 1. The first-order valence-corrected chi connectivity index (χ1v) is 6.91. The lowest BCUT2D eigenvalue weighted by Crippen LogP contribution is -2.43. The number of hydrogen-bond donors (Lipinski definition) is 2. The molecule has 0 fully saturated rings. The lowest BCUT2D eigenvalue weighted by molar-refractivity contribution is 0.0577. The first-order valence-electron chi connectivity index (χ1n) is 6.12. The highest BCUT2D eigenvalue weighted by Crippen LogP contribution is 2.12. The smallest absolute Gasteiger partial charge is 0.259 e. The number of aliphatic hydroxyl groups is 1. The molecule has 1 atom stereocenters. The number of aromatic nitrogens is 1. The molecule has 1 aromatic heterocycles. The Balaban J connectivity index is 3.18. The van der Waals surface area contributed by atoms with Crippen LogP contribution in [-0.4, -0.2) is 39.6 Å². The summed E-state index contributed by atoms with van der Waals surface area (Å²) in [6, 6.07) is -0.0958. The number of amides is 1. The molecule has 19 heavy (non-hydrogen) atoms. The van der Waals surface area contributed by atoms with Crippen molar-refractivity contribution in [3.8, 4) is 0 Å². The van der Waals surface area contributed by atoms with Gasteiger partial charge in [0, 0.05) is 24.5 Å². The second-order valence-electron chi connectivity index (χ2n) is 4.87. The van der Waals surface area contributed by atoms with Gasteiger partial charge in [0.25, 0.3) is 5.91 Å². The lowest BCUT2D eigenvalue weighted by atomic mass is 10.1. The Morgan fingerprint density at radius 2 is 2.05 bits per heavy atom. The number of nitrogens with zero attached hydrogens (tertiary/aromatic N) is 1. The highest BCUT2D eigenvalue weighted by molar-refractivity contribution is 9.10. The van der Waals surface area contributed by atoms with E-state index < -0.39 is 6.10 Å². The molecule has 0 aliphatic rings. The molecule has 0 aliphatic heterocycles. The number of carbonyl (C=O) groups excluding carboxylic acids is 1. The number of carbonyl (C=O) groups is 1. The fourth-order valence-corrected chi connectivity index (χ4v) is 2.05. The van der Waals surface area contributed by atoms with Gasteiger partial charge in [-0.1, -0.05) is 0 Å². The van der Waals surface area contributed by atoms with Gasteiger partial charge in [-0.25, -0.2) is 0 Å². The first-order chi connectivity index (χ1) is 8.75. The van der Waals surface area contributed by atoms with E-state index in [9.17, 15) is 14.7 Å². The SMILES string of the molecule is Cc1[nH]cc(C(=O)N(CC(C)O)C(C)C)c(=O)c1Br. The van der Waals surface area contributed by atoms with Gasteiger partial charge < -0.3 is 15.0 Å². The van der Waals surface area contributed by atoms with Crippen molar-refractivity contribution in [2.24, 2.45) is 0 Å². The minimum atomic E-state index is -0.640. The number of aryl methyl sites for hydroxylation is 1. The van der Waals surface area contributed by atoms with Crippen molar-refractivity contribution in [3.05, 3.63) is 32.2 Å². The van der Waals surface area contributed by atoms with Gasteiger partial charge in [0.1, 0.15) is 5.56 Å². The van der Waals surface area contributed by atoms with Crippen LogP contribution < -0.4 is 5.43 Å². The van der Waals surface area contributed by atoms with Gasteiger partial charge in [-0.3, -0.25) is 9.59 Å². The lowest BCUT2D eigenvalue weighted by Gasteiger charge is -2.27. The number of H-pyrrole nitrogens is 1. The summed E-state index contributed by atoms with van der Waals surface area (Å²) in [5, 5.41) is 9.45. The quantitative estimate of drug-likeness (QED) is 0.882. The summed E-state index contributed by atoms with van der Waals surface area (Å²) in [5.74, 6) is -0.377. The van der Waals surface area contributed by atoms with E-state index in [0.29, 0.717) is 10.2 Å². The maximum absolute atomic E-state index is 12.4. The fraction of sp³-hybridized carbons (Fsp3) is 0.538.